The lowest BCUT2D eigenvalue weighted by atomic mass is 9.74. The second-order valence-electron chi connectivity index (χ2n) is 7.98. The largest absolute Gasteiger partial charge is 0.374 e. The number of amides is 1. The molecular weight excluding hydrogens is 364 g/mol. The highest BCUT2D eigenvalue weighted by Gasteiger charge is 2.47. The van der Waals surface area contributed by atoms with Crippen LogP contribution in [0.15, 0.2) is 53.5 Å². The Bertz CT molecular complexity index is 1000. The molecular formula is C23H26N4O2. The first kappa shape index (κ1) is 20.6. The quantitative estimate of drug-likeness (QED) is 0.868. The summed E-state index contributed by atoms with van der Waals surface area (Å²) in [5.74, 6) is -0.553. The summed E-state index contributed by atoms with van der Waals surface area (Å²) in [5, 5.41) is 9.31. The highest BCUT2D eigenvalue weighted by molar-refractivity contribution is 6.02. The Labute approximate surface area is 171 Å². The zero-order chi connectivity index (χ0) is 21.4. The average molecular weight is 390 g/mol. The zero-order valence-electron chi connectivity index (χ0n) is 17.4. The lowest BCUT2D eigenvalue weighted by molar-refractivity contribution is -0.130. The van der Waals surface area contributed by atoms with Gasteiger partial charge in [-0.25, -0.2) is 4.99 Å². The van der Waals surface area contributed by atoms with Crippen LogP contribution >= 0.6 is 0 Å². The first-order valence-corrected chi connectivity index (χ1v) is 9.43. The Kier molecular flexibility index (Phi) is 5.20. The summed E-state index contributed by atoms with van der Waals surface area (Å²) in [6, 6.07) is 17.2. The number of aliphatic imine (C=N–C) groups is 1. The standard InChI is InChI=1S/C23H26N4O2/c1-22(2,29-5)17-11-9-16(10-12-17)19-20(28)27(4)21(25)26-23(19,3)18-8-6-7-15(13-18)14-24/h6-13,19H,1-5H3,(H2,25,26)/t19-,23-/m1/s1. The van der Waals surface area contributed by atoms with Gasteiger partial charge in [-0.1, -0.05) is 36.4 Å². The molecule has 3 rings (SSSR count). The van der Waals surface area contributed by atoms with E-state index in [2.05, 4.69) is 6.07 Å². The average Bonchev–Trinajstić information content (AvgIpc) is 2.72. The molecule has 0 bridgehead atoms. The number of ether oxygens (including phenoxy) is 1. The minimum absolute atomic E-state index is 0.138. The second kappa shape index (κ2) is 7.34. The van der Waals surface area contributed by atoms with E-state index in [1.807, 2.05) is 51.1 Å². The molecule has 1 heterocycles. The predicted molar refractivity (Wildman–Crippen MR) is 112 cm³/mol. The van der Waals surface area contributed by atoms with Crippen LogP contribution in [0.1, 0.15) is 48.9 Å². The first-order chi connectivity index (χ1) is 13.6. The van der Waals surface area contributed by atoms with Crippen LogP contribution in [0.25, 0.3) is 0 Å². The number of benzene rings is 2. The van der Waals surface area contributed by atoms with Gasteiger partial charge in [-0.05, 0) is 49.6 Å². The third-order valence-corrected chi connectivity index (χ3v) is 5.86. The number of hydrogen-bond acceptors (Lipinski definition) is 5. The van der Waals surface area contributed by atoms with Gasteiger partial charge < -0.3 is 10.5 Å². The van der Waals surface area contributed by atoms with E-state index in [1.165, 1.54) is 4.90 Å². The van der Waals surface area contributed by atoms with E-state index in [0.29, 0.717) is 5.56 Å². The number of carbonyl (C=O) groups is 1. The van der Waals surface area contributed by atoms with Crippen LogP contribution in [0.3, 0.4) is 0 Å². The van der Waals surface area contributed by atoms with E-state index < -0.39 is 17.1 Å². The van der Waals surface area contributed by atoms with Gasteiger partial charge in [0, 0.05) is 14.2 Å². The summed E-state index contributed by atoms with van der Waals surface area (Å²) in [6.07, 6.45) is 0. The molecule has 0 spiro atoms. The Morgan fingerprint density at radius 1 is 1.24 bits per heavy atom. The fraction of sp³-hybridized carbons (Fsp3) is 0.348. The van der Waals surface area contributed by atoms with Gasteiger partial charge in [0.15, 0.2) is 5.96 Å². The Morgan fingerprint density at radius 2 is 1.90 bits per heavy atom. The molecule has 0 aromatic heterocycles. The smallest absolute Gasteiger partial charge is 0.239 e. The van der Waals surface area contributed by atoms with Crippen LogP contribution in [0, 0.1) is 11.3 Å². The zero-order valence-corrected chi connectivity index (χ0v) is 17.4. The molecule has 6 heteroatoms. The summed E-state index contributed by atoms with van der Waals surface area (Å²) in [6.45, 7) is 5.87. The minimum Gasteiger partial charge on any atom is -0.374 e. The summed E-state index contributed by atoms with van der Waals surface area (Å²) in [7, 11) is 3.30. The molecule has 0 aliphatic carbocycles. The van der Waals surface area contributed by atoms with Crippen LogP contribution in [0.4, 0.5) is 0 Å². The summed E-state index contributed by atoms with van der Waals surface area (Å²) >= 11 is 0. The molecule has 2 atom stereocenters. The maximum atomic E-state index is 13.3. The Morgan fingerprint density at radius 3 is 2.48 bits per heavy atom. The third kappa shape index (κ3) is 3.50. The highest BCUT2D eigenvalue weighted by atomic mass is 16.5. The first-order valence-electron chi connectivity index (χ1n) is 9.43. The van der Waals surface area contributed by atoms with Crippen molar-refractivity contribution < 1.29 is 9.53 Å². The molecule has 0 fully saturated rings. The van der Waals surface area contributed by atoms with Gasteiger partial charge in [-0.2, -0.15) is 5.26 Å². The van der Waals surface area contributed by atoms with Crippen molar-refractivity contribution in [1.29, 1.82) is 5.26 Å². The summed E-state index contributed by atoms with van der Waals surface area (Å²) < 4.78 is 5.55. The fourth-order valence-corrected chi connectivity index (χ4v) is 3.72. The molecule has 150 valence electrons. The van der Waals surface area contributed by atoms with Crippen LogP contribution in [0.2, 0.25) is 0 Å². The van der Waals surface area contributed by atoms with Crippen molar-refractivity contribution in [3.8, 4) is 6.07 Å². The maximum absolute atomic E-state index is 13.3. The molecule has 0 saturated heterocycles. The number of guanidine groups is 1. The van der Waals surface area contributed by atoms with Crippen molar-refractivity contribution in [2.75, 3.05) is 14.2 Å². The maximum Gasteiger partial charge on any atom is 0.239 e. The van der Waals surface area contributed by atoms with Crippen molar-refractivity contribution >= 4 is 11.9 Å². The van der Waals surface area contributed by atoms with Crippen LogP contribution in [-0.4, -0.2) is 30.9 Å². The molecule has 0 unspecified atom stereocenters. The molecule has 2 N–H and O–H groups in total. The molecule has 29 heavy (non-hydrogen) atoms. The van der Waals surface area contributed by atoms with E-state index in [4.69, 9.17) is 15.5 Å². The topological polar surface area (TPSA) is 91.7 Å². The minimum atomic E-state index is -0.932. The molecule has 1 amide bonds. The van der Waals surface area contributed by atoms with Gasteiger partial charge in [0.2, 0.25) is 5.91 Å². The summed E-state index contributed by atoms with van der Waals surface area (Å²) in [4.78, 5) is 19.4. The predicted octanol–water partition coefficient (Wildman–Crippen LogP) is 3.23. The lowest BCUT2D eigenvalue weighted by Gasteiger charge is -2.41. The van der Waals surface area contributed by atoms with Gasteiger partial charge in [0.05, 0.1) is 23.2 Å². The lowest BCUT2D eigenvalue weighted by Crippen LogP contribution is -2.52. The molecule has 2 aromatic rings. The van der Waals surface area contributed by atoms with Gasteiger partial charge >= 0.3 is 0 Å². The molecule has 6 nitrogen and oxygen atoms in total. The number of rotatable bonds is 4. The summed E-state index contributed by atoms with van der Waals surface area (Å²) in [5.41, 5.74) is 7.83. The van der Waals surface area contributed by atoms with E-state index in [-0.39, 0.29) is 11.9 Å². The number of nitrogens with two attached hydrogens (primary N) is 1. The van der Waals surface area contributed by atoms with Crippen LogP contribution < -0.4 is 5.73 Å². The number of nitrogens with zero attached hydrogens (tertiary/aromatic N) is 3. The van der Waals surface area contributed by atoms with Crippen LogP contribution in [0.5, 0.6) is 0 Å². The van der Waals surface area contributed by atoms with Gasteiger partial charge in [0.25, 0.3) is 0 Å². The SMILES string of the molecule is COC(C)(C)c1ccc([C@@H]2C(=O)N(C)C(N)=N[C@]2(C)c2cccc(C#N)c2)cc1. The molecule has 1 aliphatic heterocycles. The van der Waals surface area contributed by atoms with Crippen molar-refractivity contribution in [3.05, 3.63) is 70.8 Å². The van der Waals surface area contributed by atoms with Gasteiger partial charge in [0.1, 0.15) is 5.54 Å². The van der Waals surface area contributed by atoms with Gasteiger partial charge in [-0.3, -0.25) is 9.69 Å². The number of likely N-dealkylation sites (N-methyl/N-ethyl adjacent to an activating group) is 1. The normalized spacial score (nSPS) is 22.2. The molecule has 2 aromatic carbocycles. The van der Waals surface area contributed by atoms with Crippen LogP contribution in [-0.2, 0) is 20.7 Å². The number of hydrogen-bond donors (Lipinski definition) is 1. The Hall–Kier alpha value is -3.17. The second-order valence-corrected chi connectivity index (χ2v) is 7.98. The van der Waals surface area contributed by atoms with E-state index in [0.717, 1.165) is 16.7 Å². The van der Waals surface area contributed by atoms with Gasteiger partial charge in [-0.15, -0.1) is 0 Å². The van der Waals surface area contributed by atoms with E-state index in [9.17, 15) is 10.1 Å². The third-order valence-electron chi connectivity index (χ3n) is 5.86. The highest BCUT2D eigenvalue weighted by Crippen LogP contribution is 2.44. The monoisotopic (exact) mass is 390 g/mol. The fourth-order valence-electron chi connectivity index (χ4n) is 3.72. The van der Waals surface area contributed by atoms with Crippen molar-refractivity contribution in [3.63, 3.8) is 0 Å². The molecule has 0 radical (unpaired) electrons. The molecule has 0 saturated carbocycles. The molecule has 1 aliphatic rings. The number of methoxy groups -OCH3 is 1. The Balaban J connectivity index is 2.16. The number of nitriles is 1. The van der Waals surface area contributed by atoms with E-state index >= 15 is 0 Å². The van der Waals surface area contributed by atoms with E-state index in [1.54, 1.807) is 32.4 Å². The number of carbonyl (C=O) groups excluding carboxylic acids is 1. The van der Waals surface area contributed by atoms with Crippen molar-refractivity contribution in [2.24, 2.45) is 10.7 Å². The van der Waals surface area contributed by atoms with Crippen molar-refractivity contribution in [1.82, 2.24) is 4.90 Å². The van der Waals surface area contributed by atoms with Crippen molar-refractivity contribution in [2.45, 2.75) is 37.8 Å².